The summed E-state index contributed by atoms with van der Waals surface area (Å²) in [7, 11) is 1.34. The average Bonchev–Trinajstić information content (AvgIpc) is 2.80. The lowest BCUT2D eigenvalue weighted by Crippen LogP contribution is -2.50. The average molecular weight is 479 g/mol. The highest BCUT2D eigenvalue weighted by Crippen LogP contribution is 2.30. The second-order valence-corrected chi connectivity index (χ2v) is 8.42. The second-order valence-electron chi connectivity index (χ2n) is 8.42. The summed E-state index contributed by atoms with van der Waals surface area (Å²) in [6.45, 7) is 1.43. The number of aliphatic hydroxyl groups is 1. The van der Waals surface area contributed by atoms with Crippen molar-refractivity contribution in [3.8, 4) is 0 Å². The standard InChI is InChI=1S/C25H29F3N2O4/c1-34-24(33)16-18-7-9-19(10-8-18)17-30-23(32)6-3-12-29(30)13-11-22(31)15-20-4-2-5-21(14-20)25(26,27)28/h2,4-5,7-10,14,22,31H,3,6,11-13,15-17H2,1H3. The van der Waals surface area contributed by atoms with Gasteiger partial charge in [0.25, 0.3) is 0 Å². The van der Waals surface area contributed by atoms with E-state index in [0.717, 1.165) is 23.3 Å². The van der Waals surface area contributed by atoms with E-state index in [1.165, 1.54) is 13.2 Å². The number of nitrogens with zero attached hydrogens (tertiary/aromatic N) is 2. The van der Waals surface area contributed by atoms with Crippen LogP contribution in [-0.4, -0.2) is 53.3 Å². The number of carbonyl (C=O) groups excluding carboxylic acids is 2. The van der Waals surface area contributed by atoms with Crippen LogP contribution >= 0.6 is 0 Å². The van der Waals surface area contributed by atoms with Crippen LogP contribution in [0.15, 0.2) is 48.5 Å². The highest BCUT2D eigenvalue weighted by Gasteiger charge is 2.30. The molecule has 1 aliphatic heterocycles. The fourth-order valence-electron chi connectivity index (χ4n) is 3.96. The Hall–Kier alpha value is -2.91. The Labute approximate surface area is 196 Å². The number of aliphatic hydroxyl groups excluding tert-OH is 1. The lowest BCUT2D eigenvalue weighted by molar-refractivity contribution is -0.158. The summed E-state index contributed by atoms with van der Waals surface area (Å²) in [5.74, 6) is -0.342. The molecule has 1 amide bonds. The lowest BCUT2D eigenvalue weighted by atomic mass is 10.0. The Morgan fingerprint density at radius 3 is 2.50 bits per heavy atom. The van der Waals surface area contributed by atoms with Crippen LogP contribution in [0.5, 0.6) is 0 Å². The van der Waals surface area contributed by atoms with Gasteiger partial charge >= 0.3 is 12.1 Å². The Morgan fingerprint density at radius 2 is 1.82 bits per heavy atom. The number of esters is 1. The van der Waals surface area contributed by atoms with E-state index in [4.69, 9.17) is 0 Å². The Morgan fingerprint density at radius 1 is 1.12 bits per heavy atom. The first-order valence-corrected chi connectivity index (χ1v) is 11.2. The van der Waals surface area contributed by atoms with Crippen LogP contribution in [0, 0.1) is 0 Å². The minimum atomic E-state index is -4.42. The smallest absolute Gasteiger partial charge is 0.416 e. The maximum absolute atomic E-state index is 12.9. The van der Waals surface area contributed by atoms with Gasteiger partial charge in [-0.15, -0.1) is 0 Å². The largest absolute Gasteiger partial charge is 0.469 e. The normalized spacial score (nSPS) is 15.9. The summed E-state index contributed by atoms with van der Waals surface area (Å²) in [6.07, 6.45) is -3.52. The van der Waals surface area contributed by atoms with Crippen molar-refractivity contribution in [3.05, 3.63) is 70.8 Å². The van der Waals surface area contributed by atoms with Gasteiger partial charge in [0.05, 0.1) is 31.7 Å². The first kappa shape index (κ1) is 25.7. The molecule has 9 heteroatoms. The summed E-state index contributed by atoms with van der Waals surface area (Å²) in [6, 6.07) is 12.3. The predicted molar refractivity (Wildman–Crippen MR) is 119 cm³/mol. The molecule has 0 aromatic heterocycles. The number of benzene rings is 2. The van der Waals surface area contributed by atoms with Crippen LogP contribution in [0.1, 0.15) is 41.5 Å². The quantitative estimate of drug-likeness (QED) is 0.556. The molecule has 34 heavy (non-hydrogen) atoms. The summed E-state index contributed by atoms with van der Waals surface area (Å²) >= 11 is 0. The van der Waals surface area contributed by atoms with Crippen molar-refractivity contribution in [1.29, 1.82) is 0 Å². The van der Waals surface area contributed by atoms with Gasteiger partial charge in [-0.2, -0.15) is 13.2 Å². The lowest BCUT2D eigenvalue weighted by Gasteiger charge is -2.39. The molecule has 1 heterocycles. The molecule has 0 aliphatic carbocycles. The molecule has 184 valence electrons. The topological polar surface area (TPSA) is 70.1 Å². The van der Waals surface area contributed by atoms with Crippen LogP contribution in [0.25, 0.3) is 0 Å². The number of ether oxygens (including phenoxy) is 1. The number of alkyl halides is 3. The van der Waals surface area contributed by atoms with E-state index in [1.807, 2.05) is 29.3 Å². The molecular formula is C25H29F3N2O4. The van der Waals surface area contributed by atoms with E-state index < -0.39 is 17.8 Å². The highest BCUT2D eigenvalue weighted by atomic mass is 19.4. The number of hydrogen-bond acceptors (Lipinski definition) is 5. The summed E-state index contributed by atoms with van der Waals surface area (Å²) in [5, 5.41) is 14.0. The van der Waals surface area contributed by atoms with E-state index in [-0.39, 0.29) is 24.7 Å². The van der Waals surface area contributed by atoms with E-state index in [9.17, 15) is 27.9 Å². The predicted octanol–water partition coefficient (Wildman–Crippen LogP) is 3.75. The first-order valence-electron chi connectivity index (χ1n) is 11.2. The third-order valence-corrected chi connectivity index (χ3v) is 5.81. The van der Waals surface area contributed by atoms with Gasteiger partial charge in [0, 0.05) is 19.5 Å². The Kier molecular flexibility index (Phi) is 8.68. The molecule has 1 aliphatic rings. The minimum Gasteiger partial charge on any atom is -0.469 e. The highest BCUT2D eigenvalue weighted by molar-refractivity contribution is 5.76. The molecule has 6 nitrogen and oxygen atoms in total. The van der Waals surface area contributed by atoms with Crippen LogP contribution in [0.3, 0.4) is 0 Å². The van der Waals surface area contributed by atoms with Gasteiger partial charge in [0.2, 0.25) is 5.91 Å². The number of hydrogen-bond donors (Lipinski definition) is 1. The number of rotatable bonds is 9. The molecule has 0 radical (unpaired) electrons. The third-order valence-electron chi connectivity index (χ3n) is 5.81. The summed E-state index contributed by atoms with van der Waals surface area (Å²) in [5.41, 5.74) is 1.40. The molecule has 2 aromatic carbocycles. The molecule has 2 aromatic rings. The van der Waals surface area contributed by atoms with Crippen molar-refractivity contribution in [3.63, 3.8) is 0 Å². The van der Waals surface area contributed by atoms with E-state index in [2.05, 4.69) is 4.74 Å². The van der Waals surface area contributed by atoms with Crippen LogP contribution in [-0.2, 0) is 39.9 Å². The molecular weight excluding hydrogens is 449 g/mol. The van der Waals surface area contributed by atoms with Gasteiger partial charge in [-0.3, -0.25) is 14.6 Å². The number of methoxy groups -OCH3 is 1. The zero-order valence-corrected chi connectivity index (χ0v) is 19.1. The SMILES string of the molecule is COC(=O)Cc1ccc(CN2C(=O)CCCN2CCC(O)Cc2cccc(C(F)(F)F)c2)cc1. The first-order chi connectivity index (χ1) is 16.2. The van der Waals surface area contributed by atoms with Crippen molar-refractivity contribution in [2.24, 2.45) is 0 Å². The van der Waals surface area contributed by atoms with Crippen molar-refractivity contribution < 1.29 is 32.6 Å². The Balaban J connectivity index is 1.57. The number of halogens is 3. The summed E-state index contributed by atoms with van der Waals surface area (Å²) < 4.78 is 43.4. The Bertz CT molecular complexity index is 979. The van der Waals surface area contributed by atoms with E-state index >= 15 is 0 Å². The third kappa shape index (κ3) is 7.30. The molecule has 1 atom stereocenters. The van der Waals surface area contributed by atoms with Gasteiger partial charge in [-0.25, -0.2) is 5.01 Å². The zero-order valence-electron chi connectivity index (χ0n) is 19.1. The summed E-state index contributed by atoms with van der Waals surface area (Å²) in [4.78, 5) is 24.0. The number of carbonyl (C=O) groups is 2. The minimum absolute atomic E-state index is 0.0164. The zero-order chi connectivity index (χ0) is 24.7. The molecule has 1 unspecified atom stereocenters. The van der Waals surface area contributed by atoms with Gasteiger partial charge in [-0.1, -0.05) is 42.5 Å². The van der Waals surface area contributed by atoms with Crippen molar-refractivity contribution in [1.82, 2.24) is 10.0 Å². The molecule has 1 N–H and O–H groups in total. The number of hydrazine groups is 1. The monoisotopic (exact) mass is 478 g/mol. The fourth-order valence-corrected chi connectivity index (χ4v) is 3.96. The van der Waals surface area contributed by atoms with Crippen molar-refractivity contribution >= 4 is 11.9 Å². The molecule has 1 saturated heterocycles. The van der Waals surface area contributed by atoms with E-state index in [1.54, 1.807) is 11.1 Å². The molecule has 0 spiro atoms. The van der Waals surface area contributed by atoms with Crippen molar-refractivity contribution in [2.45, 2.75) is 50.9 Å². The van der Waals surface area contributed by atoms with Gasteiger partial charge < -0.3 is 9.84 Å². The molecule has 0 saturated carbocycles. The maximum atomic E-state index is 12.9. The molecule has 0 bridgehead atoms. The maximum Gasteiger partial charge on any atom is 0.416 e. The van der Waals surface area contributed by atoms with Crippen LogP contribution in [0.4, 0.5) is 13.2 Å². The van der Waals surface area contributed by atoms with Crippen LogP contribution in [0.2, 0.25) is 0 Å². The van der Waals surface area contributed by atoms with E-state index in [0.29, 0.717) is 44.5 Å². The van der Waals surface area contributed by atoms with Gasteiger partial charge in [0.15, 0.2) is 0 Å². The van der Waals surface area contributed by atoms with Crippen molar-refractivity contribution in [2.75, 3.05) is 20.2 Å². The van der Waals surface area contributed by atoms with Crippen LogP contribution < -0.4 is 0 Å². The molecule has 1 fully saturated rings. The van der Waals surface area contributed by atoms with Gasteiger partial charge in [0.1, 0.15) is 0 Å². The second kappa shape index (κ2) is 11.5. The van der Waals surface area contributed by atoms with Gasteiger partial charge in [-0.05, 0) is 42.0 Å². The molecule has 3 rings (SSSR count). The number of amides is 1. The fraction of sp³-hybridized carbons (Fsp3) is 0.440.